The molecule has 2 aromatic heterocycles. The molecular formula is C20H21N7O3. The maximum absolute atomic E-state index is 12.4. The van der Waals surface area contributed by atoms with Gasteiger partial charge in [0, 0.05) is 12.6 Å². The number of likely N-dealkylation sites (N-methyl/N-ethyl adjacent to an activating group) is 1. The lowest BCUT2D eigenvalue weighted by Gasteiger charge is -2.29. The largest absolute Gasteiger partial charge is 0.444 e. The number of nitriles is 1. The van der Waals surface area contributed by atoms with Gasteiger partial charge in [-0.05, 0) is 42.7 Å². The summed E-state index contributed by atoms with van der Waals surface area (Å²) < 4.78 is 10.3. The number of carbonyl (C=O) groups excluding carboxylic acids is 1. The van der Waals surface area contributed by atoms with Crippen molar-refractivity contribution in [3.8, 4) is 6.07 Å². The van der Waals surface area contributed by atoms with E-state index in [2.05, 4.69) is 31.9 Å². The Morgan fingerprint density at radius 3 is 2.87 bits per heavy atom. The quantitative estimate of drug-likeness (QED) is 0.676. The molecule has 3 aromatic rings. The summed E-state index contributed by atoms with van der Waals surface area (Å²) in [5, 5.41) is 28.2. The van der Waals surface area contributed by atoms with Crippen LogP contribution in [0.25, 0.3) is 11.0 Å². The van der Waals surface area contributed by atoms with Crippen LogP contribution in [0.15, 0.2) is 40.3 Å². The lowest BCUT2D eigenvalue weighted by molar-refractivity contribution is 0.0313. The van der Waals surface area contributed by atoms with Crippen molar-refractivity contribution in [1.82, 2.24) is 25.4 Å². The van der Waals surface area contributed by atoms with Gasteiger partial charge in [0.15, 0.2) is 0 Å². The van der Waals surface area contributed by atoms with Crippen molar-refractivity contribution in [1.29, 1.82) is 5.26 Å². The van der Waals surface area contributed by atoms with Crippen LogP contribution in [0.4, 0.5) is 10.6 Å². The van der Waals surface area contributed by atoms with E-state index in [1.54, 1.807) is 40.1 Å². The minimum Gasteiger partial charge on any atom is -0.444 e. The first-order chi connectivity index (χ1) is 14.3. The van der Waals surface area contributed by atoms with Gasteiger partial charge in [-0.2, -0.15) is 10.4 Å². The number of nitrogens with zero attached hydrogens (tertiary/aromatic N) is 5. The number of amides is 1. The third-order valence-electron chi connectivity index (χ3n) is 4.72. The SMILES string of the molecule is CN(CC1=C(C#N)C(c2cccc3nonc23)c2cn[nH]c2N1)C(=O)OC(C)(C)C. The molecule has 10 heteroatoms. The maximum atomic E-state index is 12.4. The first kappa shape index (κ1) is 19.4. The van der Waals surface area contributed by atoms with Crippen LogP contribution in [0.2, 0.25) is 0 Å². The summed E-state index contributed by atoms with van der Waals surface area (Å²) in [5.74, 6) is 0.211. The minimum absolute atomic E-state index is 0.153. The van der Waals surface area contributed by atoms with Crippen LogP contribution in [0, 0.1) is 11.3 Å². The highest BCUT2D eigenvalue weighted by Gasteiger charge is 2.34. The van der Waals surface area contributed by atoms with Gasteiger partial charge >= 0.3 is 6.09 Å². The van der Waals surface area contributed by atoms with Crippen LogP contribution < -0.4 is 5.32 Å². The molecule has 0 fully saturated rings. The van der Waals surface area contributed by atoms with Gasteiger partial charge in [0.25, 0.3) is 0 Å². The van der Waals surface area contributed by atoms with Crippen LogP contribution in [0.5, 0.6) is 0 Å². The second-order valence-electron chi connectivity index (χ2n) is 8.08. The van der Waals surface area contributed by atoms with Crippen molar-refractivity contribution in [2.45, 2.75) is 32.3 Å². The van der Waals surface area contributed by atoms with Crippen molar-refractivity contribution in [2.24, 2.45) is 0 Å². The number of H-pyrrole nitrogens is 1. The smallest absolute Gasteiger partial charge is 0.410 e. The normalized spacial score (nSPS) is 16.0. The first-order valence-corrected chi connectivity index (χ1v) is 9.37. The molecule has 4 rings (SSSR count). The van der Waals surface area contributed by atoms with Gasteiger partial charge in [0.2, 0.25) is 0 Å². The molecule has 1 atom stereocenters. The zero-order valence-electron chi connectivity index (χ0n) is 17.1. The van der Waals surface area contributed by atoms with E-state index in [0.29, 0.717) is 28.1 Å². The number of hydrogen-bond acceptors (Lipinski definition) is 8. The number of carbonyl (C=O) groups is 1. The van der Waals surface area contributed by atoms with Crippen molar-refractivity contribution < 1.29 is 14.2 Å². The summed E-state index contributed by atoms with van der Waals surface area (Å²) in [7, 11) is 1.62. The number of ether oxygens (including phenoxy) is 1. The van der Waals surface area contributed by atoms with E-state index in [-0.39, 0.29) is 6.54 Å². The number of fused-ring (bicyclic) bond motifs is 2. The molecule has 2 N–H and O–H groups in total. The molecule has 154 valence electrons. The number of rotatable bonds is 3. The zero-order chi connectivity index (χ0) is 21.5. The average molecular weight is 407 g/mol. The average Bonchev–Trinajstić information content (AvgIpc) is 3.34. The van der Waals surface area contributed by atoms with E-state index in [9.17, 15) is 10.1 Å². The third-order valence-corrected chi connectivity index (χ3v) is 4.72. The fourth-order valence-corrected chi connectivity index (χ4v) is 3.44. The summed E-state index contributed by atoms with van der Waals surface area (Å²) in [5.41, 5.74) is 3.14. The van der Waals surface area contributed by atoms with Crippen molar-refractivity contribution >= 4 is 22.9 Å². The Kier molecular flexibility index (Phi) is 4.66. The molecule has 1 amide bonds. The van der Waals surface area contributed by atoms with Gasteiger partial charge in [-0.3, -0.25) is 5.10 Å². The van der Waals surface area contributed by atoms with Crippen LogP contribution >= 0.6 is 0 Å². The molecule has 0 radical (unpaired) electrons. The number of anilines is 1. The van der Waals surface area contributed by atoms with Crippen LogP contribution in [0.1, 0.15) is 37.8 Å². The van der Waals surface area contributed by atoms with E-state index in [1.807, 2.05) is 12.1 Å². The van der Waals surface area contributed by atoms with Gasteiger partial charge in [-0.25, -0.2) is 9.42 Å². The maximum Gasteiger partial charge on any atom is 0.410 e. The summed E-state index contributed by atoms with van der Waals surface area (Å²) in [6.45, 7) is 5.56. The third kappa shape index (κ3) is 3.45. The molecule has 30 heavy (non-hydrogen) atoms. The molecule has 0 spiro atoms. The van der Waals surface area contributed by atoms with Gasteiger partial charge in [-0.1, -0.05) is 12.1 Å². The van der Waals surface area contributed by atoms with E-state index < -0.39 is 17.6 Å². The standard InChI is InChI=1S/C20H21N7O3/c1-20(2,3)29-19(28)27(4)10-15-12(8-21)16(13-9-22-24-18(13)23-15)11-6-5-7-14-17(11)26-30-25-14/h5-7,9,16H,10H2,1-4H3,(H2,22,23,24). The Labute approximate surface area is 172 Å². The van der Waals surface area contributed by atoms with Crippen molar-refractivity contribution in [2.75, 3.05) is 18.9 Å². The second-order valence-corrected chi connectivity index (χ2v) is 8.08. The predicted molar refractivity (Wildman–Crippen MR) is 107 cm³/mol. The molecule has 1 aliphatic heterocycles. The molecule has 0 aliphatic carbocycles. The Morgan fingerprint density at radius 1 is 1.33 bits per heavy atom. The Balaban J connectivity index is 1.76. The zero-order valence-corrected chi connectivity index (χ0v) is 17.1. The first-order valence-electron chi connectivity index (χ1n) is 9.37. The molecule has 0 saturated heterocycles. The Hall–Kier alpha value is -3.87. The summed E-state index contributed by atoms with van der Waals surface area (Å²) in [6.07, 6.45) is 1.19. The van der Waals surface area contributed by atoms with E-state index in [0.717, 1.165) is 11.1 Å². The lowest BCUT2D eigenvalue weighted by Crippen LogP contribution is -2.37. The van der Waals surface area contributed by atoms with Crippen LogP contribution in [0.3, 0.4) is 0 Å². The van der Waals surface area contributed by atoms with Crippen LogP contribution in [-0.4, -0.2) is 50.7 Å². The summed E-state index contributed by atoms with van der Waals surface area (Å²) in [4.78, 5) is 13.9. The number of benzene rings is 1. The number of nitrogens with one attached hydrogen (secondary N) is 2. The van der Waals surface area contributed by atoms with Crippen LogP contribution in [-0.2, 0) is 4.74 Å². The fraction of sp³-hybridized carbons (Fsp3) is 0.350. The number of hydrogen-bond donors (Lipinski definition) is 2. The minimum atomic E-state index is -0.619. The van der Waals surface area contributed by atoms with E-state index in [1.165, 1.54) is 4.90 Å². The molecule has 0 bridgehead atoms. The van der Waals surface area contributed by atoms with Crippen molar-refractivity contribution in [3.05, 3.63) is 46.8 Å². The number of aromatic nitrogens is 4. The highest BCUT2D eigenvalue weighted by Crippen LogP contribution is 2.42. The van der Waals surface area contributed by atoms with Gasteiger partial charge in [-0.15, -0.1) is 0 Å². The highest BCUT2D eigenvalue weighted by atomic mass is 16.6. The molecule has 3 heterocycles. The van der Waals surface area contributed by atoms with Gasteiger partial charge in [0.1, 0.15) is 22.5 Å². The molecule has 1 unspecified atom stereocenters. The molecular weight excluding hydrogens is 386 g/mol. The van der Waals surface area contributed by atoms with Gasteiger partial charge in [0.05, 0.1) is 36.0 Å². The summed E-state index contributed by atoms with van der Waals surface area (Å²) in [6, 6.07) is 7.81. The fourth-order valence-electron chi connectivity index (χ4n) is 3.44. The van der Waals surface area contributed by atoms with Crippen molar-refractivity contribution in [3.63, 3.8) is 0 Å². The highest BCUT2D eigenvalue weighted by molar-refractivity contribution is 5.81. The molecule has 0 saturated carbocycles. The predicted octanol–water partition coefficient (Wildman–Crippen LogP) is 3.15. The molecule has 1 aromatic carbocycles. The number of allylic oxidation sites excluding steroid dienone is 1. The lowest BCUT2D eigenvalue weighted by atomic mass is 9.82. The number of aromatic amines is 1. The Morgan fingerprint density at radius 2 is 2.13 bits per heavy atom. The van der Waals surface area contributed by atoms with Gasteiger partial charge < -0.3 is 15.0 Å². The van der Waals surface area contributed by atoms with E-state index >= 15 is 0 Å². The Bertz CT molecular complexity index is 1180. The molecule has 1 aliphatic rings. The monoisotopic (exact) mass is 407 g/mol. The second kappa shape index (κ2) is 7.18. The van der Waals surface area contributed by atoms with E-state index in [4.69, 9.17) is 9.37 Å². The molecule has 10 nitrogen and oxygen atoms in total. The summed E-state index contributed by atoms with van der Waals surface area (Å²) >= 11 is 0. The topological polar surface area (TPSA) is 133 Å².